The van der Waals surface area contributed by atoms with Crippen molar-refractivity contribution in [2.45, 2.75) is 4.90 Å². The molecule has 1 aromatic carbocycles. The van der Waals surface area contributed by atoms with Crippen LogP contribution >= 0.6 is 11.6 Å². The lowest BCUT2D eigenvalue weighted by molar-refractivity contribution is -0.518. The van der Waals surface area contributed by atoms with Crippen LogP contribution in [0.5, 0.6) is 0 Å². The zero-order valence-corrected chi connectivity index (χ0v) is 8.25. The van der Waals surface area contributed by atoms with Crippen LogP contribution in [0.2, 0.25) is 5.02 Å². The predicted octanol–water partition coefficient (Wildman–Crippen LogP) is 0.810. The molecule has 0 saturated carbocycles. The van der Waals surface area contributed by atoms with E-state index in [0.717, 1.165) is 0 Å². The minimum Gasteiger partial charge on any atom is -0.234 e. The van der Waals surface area contributed by atoms with Gasteiger partial charge in [0.1, 0.15) is 0 Å². The highest BCUT2D eigenvalue weighted by Gasteiger charge is 2.18. The van der Waals surface area contributed by atoms with E-state index in [0.29, 0.717) is 5.02 Å². The molecule has 0 aliphatic heterocycles. The molecule has 0 heterocycles. The largest absolute Gasteiger partial charge is 0.311 e. The van der Waals surface area contributed by atoms with Crippen LogP contribution in [0.4, 0.5) is 0 Å². The first-order valence-electron chi connectivity index (χ1n) is 3.34. The van der Waals surface area contributed by atoms with Crippen molar-refractivity contribution in [1.29, 1.82) is 0 Å². The Morgan fingerprint density at radius 3 is 2.21 bits per heavy atom. The molecule has 0 aromatic heterocycles. The minimum atomic E-state index is -4.08. The fourth-order valence-corrected chi connectivity index (χ4v) is 1.69. The van der Waals surface area contributed by atoms with Crippen molar-refractivity contribution in [2.24, 2.45) is 0 Å². The molecule has 0 aliphatic rings. The van der Waals surface area contributed by atoms with Crippen LogP contribution in [-0.4, -0.2) is 13.5 Å². The Hall–Kier alpha value is -1.34. The molecule has 0 saturated heterocycles. The topological polar surface area (TPSA) is 89.3 Å². The molecule has 0 atom stereocenters. The summed E-state index contributed by atoms with van der Waals surface area (Å²) in [5.74, 6) is 0. The minimum absolute atomic E-state index is 0.210. The quantitative estimate of drug-likeness (QED) is 0.621. The van der Waals surface area contributed by atoms with Crippen LogP contribution in [0.1, 0.15) is 0 Å². The van der Waals surface area contributed by atoms with E-state index in [1.54, 1.807) is 0 Å². The monoisotopic (exact) mass is 236 g/mol. The zero-order valence-electron chi connectivity index (χ0n) is 6.68. The number of nitro groups is 1. The Labute approximate surface area is 84.7 Å². The molecule has 1 rings (SSSR count). The Bertz CT molecular complexity index is 441. The van der Waals surface area contributed by atoms with Gasteiger partial charge in [0.05, 0.1) is 4.90 Å². The predicted molar refractivity (Wildman–Crippen MR) is 48.8 cm³/mol. The number of hydrogen-bond acceptors (Lipinski definition) is 4. The second-order valence-corrected chi connectivity index (χ2v) is 4.40. The molecule has 6 nitrogen and oxygen atoms in total. The number of hydrazine groups is 1. The summed E-state index contributed by atoms with van der Waals surface area (Å²) in [6, 6.07) is 5.01. The van der Waals surface area contributed by atoms with Crippen molar-refractivity contribution in [3.8, 4) is 0 Å². The molecule has 0 amide bonds. The van der Waals surface area contributed by atoms with Gasteiger partial charge in [-0.1, -0.05) is 11.6 Å². The van der Waals surface area contributed by atoms with Crippen molar-refractivity contribution in [1.82, 2.24) is 4.83 Å². The van der Waals surface area contributed by atoms with E-state index in [2.05, 4.69) is 0 Å². The average molecular weight is 237 g/mol. The van der Waals surface area contributed by atoms with Gasteiger partial charge in [0, 0.05) is 5.02 Å². The summed E-state index contributed by atoms with van der Waals surface area (Å²) in [4.78, 5) is 10.9. The summed E-state index contributed by atoms with van der Waals surface area (Å²) in [6.07, 6.45) is 0. The molecule has 76 valence electrons. The van der Waals surface area contributed by atoms with Crippen molar-refractivity contribution < 1.29 is 13.5 Å². The molecular weight excluding hydrogens is 232 g/mol. The van der Waals surface area contributed by atoms with Gasteiger partial charge in [0.2, 0.25) is 0 Å². The molecule has 0 unspecified atom stereocenters. The Morgan fingerprint density at radius 2 is 1.79 bits per heavy atom. The van der Waals surface area contributed by atoms with Crippen molar-refractivity contribution >= 4 is 21.6 Å². The molecule has 0 radical (unpaired) electrons. The number of rotatable bonds is 3. The smallest absolute Gasteiger partial charge is 0.234 e. The SMILES string of the molecule is O=[N+]([O-])NS(=O)(=O)c1ccc(Cl)cc1. The highest BCUT2D eigenvalue weighted by molar-refractivity contribution is 7.89. The van der Waals surface area contributed by atoms with E-state index in [9.17, 15) is 18.5 Å². The van der Waals surface area contributed by atoms with E-state index in [1.165, 1.54) is 29.1 Å². The maximum Gasteiger partial charge on any atom is 0.311 e. The average Bonchev–Trinajstić information content (AvgIpc) is 2.02. The van der Waals surface area contributed by atoms with Crippen molar-refractivity contribution in [2.75, 3.05) is 0 Å². The number of benzene rings is 1. The van der Waals surface area contributed by atoms with Crippen LogP contribution in [0.3, 0.4) is 0 Å². The first kappa shape index (κ1) is 10.7. The van der Waals surface area contributed by atoms with Crippen LogP contribution in [0.15, 0.2) is 29.2 Å². The molecule has 14 heavy (non-hydrogen) atoms. The fourth-order valence-electron chi connectivity index (χ4n) is 0.765. The molecule has 0 aliphatic carbocycles. The number of halogens is 1. The Kier molecular flexibility index (Phi) is 2.92. The van der Waals surface area contributed by atoms with Crippen LogP contribution in [0.25, 0.3) is 0 Å². The lowest BCUT2D eigenvalue weighted by atomic mass is 10.4. The van der Waals surface area contributed by atoms with Gasteiger partial charge in [-0.05, 0) is 29.1 Å². The number of nitrogens with zero attached hydrogens (tertiary/aromatic N) is 1. The third-order valence-corrected chi connectivity index (χ3v) is 2.85. The second kappa shape index (κ2) is 3.81. The summed E-state index contributed by atoms with van der Waals surface area (Å²) < 4.78 is 22.3. The standard InChI is InChI=1S/C6H5ClN2O4S/c7-5-1-3-6(4-2-5)14(12,13)8-9(10)11/h1-4,8H. The Balaban J connectivity index is 3.05. The lowest BCUT2D eigenvalue weighted by Crippen LogP contribution is -2.29. The van der Waals surface area contributed by atoms with Gasteiger partial charge in [-0.15, -0.1) is 0 Å². The summed E-state index contributed by atoms with van der Waals surface area (Å²) in [6.45, 7) is 0. The highest BCUT2D eigenvalue weighted by Crippen LogP contribution is 2.13. The third-order valence-electron chi connectivity index (χ3n) is 1.32. The van der Waals surface area contributed by atoms with Gasteiger partial charge in [0.25, 0.3) is 0 Å². The van der Waals surface area contributed by atoms with E-state index < -0.39 is 15.1 Å². The molecule has 0 spiro atoms. The van der Waals surface area contributed by atoms with Gasteiger partial charge in [-0.2, -0.15) is 8.42 Å². The number of nitrogens with one attached hydrogen (secondary N) is 1. The number of sulfonamides is 1. The van der Waals surface area contributed by atoms with Gasteiger partial charge < -0.3 is 0 Å². The van der Waals surface area contributed by atoms with Crippen LogP contribution in [0, 0.1) is 10.1 Å². The van der Waals surface area contributed by atoms with E-state index in [1.807, 2.05) is 0 Å². The second-order valence-electron chi connectivity index (χ2n) is 2.31. The molecular formula is C6H5ClN2O4S. The van der Waals surface area contributed by atoms with Crippen molar-refractivity contribution in [3.05, 3.63) is 39.4 Å². The number of hydrogen-bond donors (Lipinski definition) is 1. The molecule has 8 heteroatoms. The summed E-state index contributed by atoms with van der Waals surface area (Å²) in [5.41, 5.74) is 0. The van der Waals surface area contributed by atoms with Crippen LogP contribution in [-0.2, 0) is 10.0 Å². The van der Waals surface area contributed by atoms with Gasteiger partial charge in [-0.3, -0.25) is 0 Å². The molecule has 0 fully saturated rings. The first-order chi connectivity index (χ1) is 6.42. The highest BCUT2D eigenvalue weighted by atomic mass is 35.5. The lowest BCUT2D eigenvalue weighted by Gasteiger charge is -1.99. The van der Waals surface area contributed by atoms with Crippen molar-refractivity contribution in [3.63, 3.8) is 0 Å². The Morgan fingerprint density at radius 1 is 1.29 bits per heavy atom. The molecule has 0 bridgehead atoms. The maximum absolute atomic E-state index is 11.2. The third kappa shape index (κ3) is 2.57. The summed E-state index contributed by atoms with van der Waals surface area (Å²) in [7, 11) is -4.08. The fraction of sp³-hybridized carbons (Fsp3) is 0. The van der Waals surface area contributed by atoms with E-state index in [-0.39, 0.29) is 4.90 Å². The maximum atomic E-state index is 11.2. The van der Waals surface area contributed by atoms with Gasteiger partial charge in [-0.25, -0.2) is 10.1 Å². The van der Waals surface area contributed by atoms with Crippen LogP contribution < -0.4 is 4.83 Å². The normalized spacial score (nSPS) is 10.9. The zero-order chi connectivity index (χ0) is 10.8. The van der Waals surface area contributed by atoms with E-state index >= 15 is 0 Å². The van der Waals surface area contributed by atoms with E-state index in [4.69, 9.17) is 11.6 Å². The summed E-state index contributed by atoms with van der Waals surface area (Å²) in [5, 5.41) is 9.16. The molecule has 1 N–H and O–H groups in total. The first-order valence-corrected chi connectivity index (χ1v) is 5.20. The van der Waals surface area contributed by atoms with Gasteiger partial charge >= 0.3 is 10.0 Å². The van der Waals surface area contributed by atoms with Gasteiger partial charge in [0.15, 0.2) is 5.03 Å². The molecule has 1 aromatic rings. The summed E-state index contributed by atoms with van der Waals surface area (Å²) >= 11 is 5.52.